The van der Waals surface area contributed by atoms with Gasteiger partial charge in [0.15, 0.2) is 0 Å². The number of hydrogen-bond donors (Lipinski definition) is 2. The summed E-state index contributed by atoms with van der Waals surface area (Å²) in [7, 11) is 0. The molecule has 3 heterocycles. The van der Waals surface area contributed by atoms with E-state index in [0.29, 0.717) is 0 Å². The van der Waals surface area contributed by atoms with Gasteiger partial charge in [-0.3, -0.25) is 0 Å². The molecule has 2 aromatic heterocycles. The predicted molar refractivity (Wildman–Crippen MR) is 91.4 cm³/mol. The Morgan fingerprint density at radius 1 is 1.17 bits per heavy atom. The van der Waals surface area contributed by atoms with Gasteiger partial charge in [-0.1, -0.05) is 12.1 Å². The van der Waals surface area contributed by atoms with Gasteiger partial charge >= 0.3 is 0 Å². The number of ether oxygens (including phenoxy) is 1. The van der Waals surface area contributed by atoms with Crippen molar-refractivity contribution < 1.29 is 4.74 Å². The van der Waals surface area contributed by atoms with Crippen LogP contribution in [0, 0.1) is 6.92 Å². The highest BCUT2D eigenvalue weighted by Gasteiger charge is 2.15. The molecule has 0 spiro atoms. The highest BCUT2D eigenvalue weighted by molar-refractivity contribution is 5.91. The van der Waals surface area contributed by atoms with Crippen molar-refractivity contribution in [2.75, 3.05) is 36.5 Å². The van der Waals surface area contributed by atoms with Crippen LogP contribution >= 0.6 is 0 Å². The Labute approximate surface area is 134 Å². The van der Waals surface area contributed by atoms with Crippen LogP contribution in [0.1, 0.15) is 5.69 Å². The molecular formula is C17H19N5O. The average Bonchev–Trinajstić information content (AvgIpc) is 2.98. The van der Waals surface area contributed by atoms with Gasteiger partial charge in [-0.15, -0.1) is 0 Å². The molecule has 0 bridgehead atoms. The van der Waals surface area contributed by atoms with Gasteiger partial charge in [0.25, 0.3) is 0 Å². The van der Waals surface area contributed by atoms with E-state index < -0.39 is 0 Å². The topological polar surface area (TPSA) is 66.1 Å². The minimum atomic E-state index is 0.767. The van der Waals surface area contributed by atoms with Crippen molar-refractivity contribution in [3.63, 3.8) is 0 Å². The van der Waals surface area contributed by atoms with Crippen LogP contribution in [0.5, 0.6) is 0 Å². The summed E-state index contributed by atoms with van der Waals surface area (Å²) < 4.78 is 5.45. The van der Waals surface area contributed by atoms with Gasteiger partial charge in [-0.05, 0) is 25.1 Å². The SMILES string of the molecule is Cc1cc2c(Nc3ccccc3N3CCOCC3)ncnc2[nH]1. The Hall–Kier alpha value is -2.60. The second-order valence-electron chi connectivity index (χ2n) is 5.68. The molecule has 1 fully saturated rings. The summed E-state index contributed by atoms with van der Waals surface area (Å²) in [5.74, 6) is 0.819. The van der Waals surface area contributed by atoms with Gasteiger partial charge in [-0.25, -0.2) is 9.97 Å². The molecule has 1 saturated heterocycles. The Morgan fingerprint density at radius 2 is 2.00 bits per heavy atom. The van der Waals surface area contributed by atoms with E-state index in [0.717, 1.165) is 54.5 Å². The van der Waals surface area contributed by atoms with E-state index in [1.54, 1.807) is 6.33 Å². The first kappa shape index (κ1) is 14.0. The van der Waals surface area contributed by atoms with Crippen molar-refractivity contribution in [2.24, 2.45) is 0 Å². The Kier molecular flexibility index (Phi) is 3.59. The number of nitrogens with zero attached hydrogens (tertiary/aromatic N) is 3. The highest BCUT2D eigenvalue weighted by Crippen LogP contribution is 2.31. The molecule has 6 nitrogen and oxygen atoms in total. The third-order valence-corrected chi connectivity index (χ3v) is 4.07. The first-order valence-corrected chi connectivity index (χ1v) is 7.80. The second kappa shape index (κ2) is 5.89. The lowest BCUT2D eigenvalue weighted by Gasteiger charge is -2.30. The monoisotopic (exact) mass is 309 g/mol. The van der Waals surface area contributed by atoms with Gasteiger partial charge < -0.3 is 19.9 Å². The summed E-state index contributed by atoms with van der Waals surface area (Å²) in [6, 6.07) is 10.4. The standard InChI is InChI=1S/C17H19N5O/c1-12-10-13-16(20-12)18-11-19-17(13)21-14-4-2-3-5-15(14)22-6-8-23-9-7-22/h2-5,10-11H,6-9H2,1H3,(H2,18,19,20,21). The van der Waals surface area contributed by atoms with Crippen LogP contribution in [0.2, 0.25) is 0 Å². The molecular weight excluding hydrogens is 290 g/mol. The Morgan fingerprint density at radius 3 is 2.87 bits per heavy atom. The van der Waals surface area contributed by atoms with Gasteiger partial charge in [0.05, 0.1) is 30.0 Å². The Balaban J connectivity index is 1.70. The number of aromatic amines is 1. The van der Waals surface area contributed by atoms with Crippen LogP contribution in [-0.2, 0) is 4.74 Å². The first-order chi connectivity index (χ1) is 11.3. The fourth-order valence-electron chi connectivity index (χ4n) is 2.96. The third kappa shape index (κ3) is 2.73. The maximum Gasteiger partial charge on any atom is 0.143 e. The molecule has 0 saturated carbocycles. The number of hydrogen-bond acceptors (Lipinski definition) is 5. The molecule has 2 N–H and O–H groups in total. The van der Waals surface area contributed by atoms with Crippen molar-refractivity contribution in [1.29, 1.82) is 0 Å². The molecule has 1 aliphatic rings. The molecule has 23 heavy (non-hydrogen) atoms. The summed E-state index contributed by atoms with van der Waals surface area (Å²) in [6.45, 7) is 5.36. The van der Waals surface area contributed by atoms with Crippen LogP contribution in [-0.4, -0.2) is 41.3 Å². The normalized spacial score (nSPS) is 15.1. The molecule has 0 radical (unpaired) electrons. The van der Waals surface area contributed by atoms with Gasteiger partial charge in [0.2, 0.25) is 0 Å². The van der Waals surface area contributed by atoms with E-state index in [1.807, 2.05) is 13.0 Å². The molecule has 1 aliphatic heterocycles. The maximum atomic E-state index is 5.45. The number of morpholine rings is 1. The molecule has 4 rings (SSSR count). The molecule has 0 aliphatic carbocycles. The molecule has 3 aromatic rings. The maximum absolute atomic E-state index is 5.45. The van der Waals surface area contributed by atoms with E-state index in [9.17, 15) is 0 Å². The fraction of sp³-hybridized carbons (Fsp3) is 0.294. The molecule has 0 unspecified atom stereocenters. The number of aryl methyl sites for hydroxylation is 1. The van der Waals surface area contributed by atoms with E-state index >= 15 is 0 Å². The van der Waals surface area contributed by atoms with Crippen molar-refractivity contribution in [3.8, 4) is 0 Å². The van der Waals surface area contributed by atoms with Gasteiger partial charge in [-0.2, -0.15) is 0 Å². The smallest absolute Gasteiger partial charge is 0.143 e. The lowest BCUT2D eigenvalue weighted by molar-refractivity contribution is 0.123. The van der Waals surface area contributed by atoms with Crippen LogP contribution in [0.3, 0.4) is 0 Å². The fourth-order valence-corrected chi connectivity index (χ4v) is 2.96. The number of aromatic nitrogens is 3. The number of rotatable bonds is 3. The zero-order valence-corrected chi connectivity index (χ0v) is 13.0. The highest BCUT2D eigenvalue weighted by atomic mass is 16.5. The minimum Gasteiger partial charge on any atom is -0.378 e. The lowest BCUT2D eigenvalue weighted by atomic mass is 10.2. The third-order valence-electron chi connectivity index (χ3n) is 4.07. The zero-order valence-electron chi connectivity index (χ0n) is 13.0. The summed E-state index contributed by atoms with van der Waals surface area (Å²) in [4.78, 5) is 14.3. The summed E-state index contributed by atoms with van der Waals surface area (Å²) in [5, 5.41) is 4.47. The molecule has 6 heteroatoms. The van der Waals surface area contributed by atoms with E-state index in [4.69, 9.17) is 4.74 Å². The van der Waals surface area contributed by atoms with Crippen LogP contribution < -0.4 is 10.2 Å². The van der Waals surface area contributed by atoms with Crippen LogP contribution in [0.4, 0.5) is 17.2 Å². The molecule has 118 valence electrons. The molecule has 0 amide bonds. The van der Waals surface area contributed by atoms with Crippen molar-refractivity contribution in [1.82, 2.24) is 15.0 Å². The van der Waals surface area contributed by atoms with E-state index in [-0.39, 0.29) is 0 Å². The predicted octanol–water partition coefficient (Wildman–Crippen LogP) is 2.85. The average molecular weight is 309 g/mol. The molecule has 1 aromatic carbocycles. The largest absolute Gasteiger partial charge is 0.378 e. The van der Waals surface area contributed by atoms with Crippen molar-refractivity contribution in [2.45, 2.75) is 6.92 Å². The van der Waals surface area contributed by atoms with Crippen molar-refractivity contribution >= 4 is 28.2 Å². The second-order valence-corrected chi connectivity index (χ2v) is 5.68. The number of para-hydroxylation sites is 2. The number of fused-ring (bicyclic) bond motifs is 1. The number of benzene rings is 1. The van der Waals surface area contributed by atoms with Crippen LogP contribution in [0.15, 0.2) is 36.7 Å². The van der Waals surface area contributed by atoms with E-state index in [2.05, 4.69) is 49.4 Å². The van der Waals surface area contributed by atoms with Gasteiger partial charge in [0.1, 0.15) is 17.8 Å². The number of anilines is 3. The lowest BCUT2D eigenvalue weighted by Crippen LogP contribution is -2.36. The Bertz CT molecular complexity index is 823. The number of H-pyrrole nitrogens is 1. The van der Waals surface area contributed by atoms with Crippen molar-refractivity contribution in [3.05, 3.63) is 42.4 Å². The summed E-state index contributed by atoms with van der Waals surface area (Å²) >= 11 is 0. The minimum absolute atomic E-state index is 0.767. The number of nitrogens with one attached hydrogen (secondary N) is 2. The quantitative estimate of drug-likeness (QED) is 0.779. The molecule has 0 atom stereocenters. The van der Waals surface area contributed by atoms with E-state index in [1.165, 1.54) is 5.69 Å². The van der Waals surface area contributed by atoms with Gasteiger partial charge in [0, 0.05) is 18.8 Å². The van der Waals surface area contributed by atoms with Crippen LogP contribution in [0.25, 0.3) is 11.0 Å². The summed E-state index contributed by atoms with van der Waals surface area (Å²) in [5.41, 5.74) is 4.15. The summed E-state index contributed by atoms with van der Waals surface area (Å²) in [6.07, 6.45) is 1.58. The zero-order chi connectivity index (χ0) is 15.6. The first-order valence-electron chi connectivity index (χ1n) is 7.80.